The predicted molar refractivity (Wildman–Crippen MR) is 90.5 cm³/mol. The van der Waals surface area contributed by atoms with Crippen LogP contribution in [0.1, 0.15) is 40.0 Å². The molecule has 1 N–H and O–H groups in total. The average molecular weight is 325 g/mol. The summed E-state index contributed by atoms with van der Waals surface area (Å²) in [7, 11) is 0. The summed E-state index contributed by atoms with van der Waals surface area (Å²) in [5, 5.41) is 4.19. The van der Waals surface area contributed by atoms with Gasteiger partial charge in [0.25, 0.3) is 0 Å². The van der Waals surface area contributed by atoms with Gasteiger partial charge in [-0.3, -0.25) is 0 Å². The van der Waals surface area contributed by atoms with E-state index in [-0.39, 0.29) is 6.09 Å². The smallest absolute Gasteiger partial charge is 0.410 e. The van der Waals surface area contributed by atoms with Crippen LogP contribution in [0.15, 0.2) is 24.3 Å². The number of benzene rings is 1. The zero-order chi connectivity index (χ0) is 16.2. The van der Waals surface area contributed by atoms with Crippen molar-refractivity contribution in [2.24, 2.45) is 0 Å². The molecule has 4 nitrogen and oxygen atoms in total. The Labute approximate surface area is 137 Å². The fraction of sp³-hybridized carbons (Fsp3) is 0.588. The van der Waals surface area contributed by atoms with Crippen LogP contribution >= 0.6 is 11.6 Å². The van der Waals surface area contributed by atoms with E-state index in [1.165, 1.54) is 0 Å². The number of piperidine rings is 1. The summed E-state index contributed by atoms with van der Waals surface area (Å²) in [6.07, 6.45) is 2.39. The number of halogens is 1. The first-order chi connectivity index (χ1) is 10.4. The van der Waals surface area contributed by atoms with Gasteiger partial charge in [-0.05, 0) is 45.2 Å². The Morgan fingerprint density at radius 3 is 2.59 bits per heavy atom. The highest BCUT2D eigenvalue weighted by Gasteiger charge is 2.28. The van der Waals surface area contributed by atoms with Crippen molar-refractivity contribution in [3.8, 4) is 0 Å². The molecule has 0 radical (unpaired) electrons. The number of hydrogen-bond donors (Lipinski definition) is 1. The lowest BCUT2D eigenvalue weighted by atomic mass is 10.0. The molecule has 0 spiro atoms. The van der Waals surface area contributed by atoms with Crippen molar-refractivity contribution in [2.45, 2.75) is 51.7 Å². The molecule has 2 rings (SSSR count). The van der Waals surface area contributed by atoms with Crippen molar-refractivity contribution in [3.63, 3.8) is 0 Å². The molecular weight excluding hydrogens is 300 g/mol. The van der Waals surface area contributed by atoms with Crippen LogP contribution in [0.25, 0.3) is 0 Å². The third kappa shape index (κ3) is 4.54. The second-order valence-electron chi connectivity index (χ2n) is 6.37. The molecule has 1 aromatic rings. The number of rotatable bonds is 4. The number of likely N-dealkylation sites (tertiary alicyclic amines) is 1. The summed E-state index contributed by atoms with van der Waals surface area (Å²) in [4.78, 5) is 13.9. The highest BCUT2D eigenvalue weighted by Crippen LogP contribution is 2.24. The molecule has 1 saturated heterocycles. The number of amides is 1. The van der Waals surface area contributed by atoms with Crippen LogP contribution in [-0.2, 0) is 4.74 Å². The molecule has 0 unspecified atom stereocenters. The minimum atomic E-state index is -0.399. The van der Waals surface area contributed by atoms with E-state index in [1.54, 1.807) is 4.90 Å². The Morgan fingerprint density at radius 2 is 2.00 bits per heavy atom. The first kappa shape index (κ1) is 16.9. The Balaban J connectivity index is 1.83. The molecule has 0 bridgehead atoms. The molecular formula is C17H25ClN2O2. The minimum absolute atomic E-state index is 0.206. The van der Waals surface area contributed by atoms with E-state index in [2.05, 4.69) is 5.32 Å². The first-order valence-corrected chi connectivity index (χ1v) is 8.28. The zero-order valence-electron chi connectivity index (χ0n) is 13.6. The Kier molecular flexibility index (Phi) is 5.57. The van der Waals surface area contributed by atoms with E-state index in [9.17, 15) is 4.79 Å². The Morgan fingerprint density at radius 1 is 1.36 bits per heavy atom. The molecule has 1 aromatic carbocycles. The van der Waals surface area contributed by atoms with Crippen LogP contribution in [-0.4, -0.2) is 35.7 Å². The van der Waals surface area contributed by atoms with Gasteiger partial charge >= 0.3 is 6.09 Å². The topological polar surface area (TPSA) is 41.6 Å². The third-order valence-corrected chi connectivity index (χ3v) is 4.53. The zero-order valence-corrected chi connectivity index (χ0v) is 14.3. The molecule has 1 amide bonds. The minimum Gasteiger partial charge on any atom is -0.443 e. The van der Waals surface area contributed by atoms with E-state index < -0.39 is 5.60 Å². The van der Waals surface area contributed by atoms with E-state index >= 15 is 0 Å². The summed E-state index contributed by atoms with van der Waals surface area (Å²) in [6.45, 7) is 7.32. The first-order valence-electron chi connectivity index (χ1n) is 7.90. The van der Waals surface area contributed by atoms with Crippen LogP contribution in [0.4, 0.5) is 10.5 Å². The number of nitrogens with zero attached hydrogens (tertiary/aromatic N) is 1. The number of ether oxygens (including phenoxy) is 1. The summed E-state index contributed by atoms with van der Waals surface area (Å²) < 4.78 is 5.54. The van der Waals surface area contributed by atoms with E-state index in [0.29, 0.717) is 19.1 Å². The van der Waals surface area contributed by atoms with Gasteiger partial charge in [0.15, 0.2) is 0 Å². The number of nitrogens with one attached hydrogen (secondary N) is 1. The third-order valence-electron chi connectivity index (χ3n) is 4.20. The average Bonchev–Trinajstić information content (AvgIpc) is 2.50. The normalized spacial score (nSPS) is 16.5. The van der Waals surface area contributed by atoms with Crippen molar-refractivity contribution < 1.29 is 9.53 Å². The standard InChI is InChI=1S/C17H25ClN2O2/c1-4-17(2,3)22-16(21)20-11-9-13(10-12-20)19-15-8-6-5-7-14(15)18/h5-8,13,19H,4,9-12H2,1-3H3. The van der Waals surface area contributed by atoms with Crippen molar-refractivity contribution in [2.75, 3.05) is 18.4 Å². The molecule has 1 aliphatic rings. The van der Waals surface area contributed by atoms with Gasteiger partial charge < -0.3 is 15.0 Å². The van der Waals surface area contributed by atoms with Crippen LogP contribution in [0.3, 0.4) is 0 Å². The van der Waals surface area contributed by atoms with Crippen LogP contribution < -0.4 is 5.32 Å². The van der Waals surface area contributed by atoms with Gasteiger partial charge in [0, 0.05) is 19.1 Å². The maximum atomic E-state index is 12.2. The Hall–Kier alpha value is -1.42. The second kappa shape index (κ2) is 7.23. The second-order valence-corrected chi connectivity index (χ2v) is 6.77. The number of hydrogen-bond acceptors (Lipinski definition) is 3. The largest absolute Gasteiger partial charge is 0.443 e. The summed E-state index contributed by atoms with van der Waals surface area (Å²) >= 11 is 6.16. The van der Waals surface area contributed by atoms with Crippen LogP contribution in [0.2, 0.25) is 5.02 Å². The highest BCUT2D eigenvalue weighted by atomic mass is 35.5. The van der Waals surface area contributed by atoms with E-state index in [0.717, 1.165) is 30.0 Å². The predicted octanol–water partition coefficient (Wildman–Crippen LogP) is 4.54. The van der Waals surface area contributed by atoms with Crippen molar-refractivity contribution in [1.82, 2.24) is 4.90 Å². The molecule has 0 atom stereocenters. The maximum absolute atomic E-state index is 12.2. The molecule has 1 aliphatic heterocycles. The monoisotopic (exact) mass is 324 g/mol. The van der Waals surface area contributed by atoms with Gasteiger partial charge in [-0.1, -0.05) is 30.7 Å². The lowest BCUT2D eigenvalue weighted by Crippen LogP contribution is -2.45. The highest BCUT2D eigenvalue weighted by molar-refractivity contribution is 6.33. The molecule has 1 fully saturated rings. The lowest BCUT2D eigenvalue weighted by molar-refractivity contribution is 0.00798. The van der Waals surface area contributed by atoms with Gasteiger partial charge in [-0.25, -0.2) is 4.79 Å². The SMILES string of the molecule is CCC(C)(C)OC(=O)N1CCC(Nc2ccccc2Cl)CC1. The van der Waals surface area contributed by atoms with E-state index in [4.69, 9.17) is 16.3 Å². The van der Waals surface area contributed by atoms with Gasteiger partial charge in [0.2, 0.25) is 0 Å². The molecule has 22 heavy (non-hydrogen) atoms. The molecule has 122 valence electrons. The molecule has 0 aromatic heterocycles. The number of carbonyl (C=O) groups excluding carboxylic acids is 1. The van der Waals surface area contributed by atoms with Crippen molar-refractivity contribution >= 4 is 23.4 Å². The summed E-state index contributed by atoms with van der Waals surface area (Å²) in [5.41, 5.74) is 0.557. The molecule has 1 heterocycles. The number of anilines is 1. The van der Waals surface area contributed by atoms with Crippen molar-refractivity contribution in [3.05, 3.63) is 29.3 Å². The number of carbonyl (C=O) groups is 1. The van der Waals surface area contributed by atoms with Gasteiger partial charge in [0.05, 0.1) is 10.7 Å². The lowest BCUT2D eigenvalue weighted by Gasteiger charge is -2.34. The van der Waals surface area contributed by atoms with E-state index in [1.807, 2.05) is 45.0 Å². The van der Waals surface area contributed by atoms with Gasteiger partial charge in [0.1, 0.15) is 5.60 Å². The molecule has 5 heteroatoms. The van der Waals surface area contributed by atoms with Crippen LogP contribution in [0.5, 0.6) is 0 Å². The molecule has 0 aliphatic carbocycles. The van der Waals surface area contributed by atoms with Gasteiger partial charge in [-0.15, -0.1) is 0 Å². The summed E-state index contributed by atoms with van der Waals surface area (Å²) in [5.74, 6) is 0. The Bertz CT molecular complexity index is 511. The maximum Gasteiger partial charge on any atom is 0.410 e. The fourth-order valence-corrected chi connectivity index (χ4v) is 2.57. The quantitative estimate of drug-likeness (QED) is 0.884. The van der Waals surface area contributed by atoms with Crippen LogP contribution in [0, 0.1) is 0 Å². The summed E-state index contributed by atoms with van der Waals surface area (Å²) in [6, 6.07) is 8.08. The number of para-hydroxylation sites is 1. The van der Waals surface area contributed by atoms with Crippen molar-refractivity contribution in [1.29, 1.82) is 0 Å². The molecule has 0 saturated carbocycles. The van der Waals surface area contributed by atoms with Gasteiger partial charge in [-0.2, -0.15) is 0 Å². The fourth-order valence-electron chi connectivity index (χ4n) is 2.38.